The molecular weight excluding hydrogens is 364 g/mol. The van der Waals surface area contributed by atoms with Gasteiger partial charge in [-0.05, 0) is 55.2 Å². The summed E-state index contributed by atoms with van der Waals surface area (Å²) in [5, 5.41) is 5.07. The van der Waals surface area contributed by atoms with Crippen LogP contribution in [-0.2, 0) is 0 Å². The maximum atomic E-state index is 3.79. The van der Waals surface area contributed by atoms with Crippen molar-refractivity contribution in [1.29, 1.82) is 0 Å². The zero-order chi connectivity index (χ0) is 21.1. The fraction of sp³-hybridized carbons (Fsp3) is 0.214. The zero-order valence-electron chi connectivity index (χ0n) is 18.3. The summed E-state index contributed by atoms with van der Waals surface area (Å²) in [4.78, 5) is 0. The highest BCUT2D eigenvalue weighted by atomic mass is 15.0. The van der Waals surface area contributed by atoms with Crippen molar-refractivity contribution < 1.29 is 0 Å². The molecule has 0 saturated carbocycles. The van der Waals surface area contributed by atoms with Crippen molar-refractivity contribution in [3.63, 3.8) is 0 Å². The number of hydrogen-bond donors (Lipinski definition) is 1. The van der Waals surface area contributed by atoms with Gasteiger partial charge in [0.15, 0.2) is 0 Å². The van der Waals surface area contributed by atoms with E-state index < -0.39 is 0 Å². The van der Waals surface area contributed by atoms with E-state index in [0.717, 1.165) is 12.1 Å². The van der Waals surface area contributed by atoms with Gasteiger partial charge < -0.3 is 9.88 Å². The van der Waals surface area contributed by atoms with Crippen LogP contribution >= 0.6 is 0 Å². The van der Waals surface area contributed by atoms with Crippen LogP contribution in [0.4, 0.5) is 5.69 Å². The Morgan fingerprint density at radius 1 is 0.833 bits per heavy atom. The molecule has 4 aromatic rings. The summed E-state index contributed by atoms with van der Waals surface area (Å²) in [6.07, 6.45) is 1.01. The molecule has 0 saturated heterocycles. The van der Waals surface area contributed by atoms with Gasteiger partial charge in [0.05, 0.1) is 5.52 Å². The van der Waals surface area contributed by atoms with E-state index in [1.54, 1.807) is 0 Å². The second-order valence-electron chi connectivity index (χ2n) is 8.05. The SMILES string of the molecule is CC/C(=C(/Nc1ccccc1)c1c(C)n(-c2ccccc2)c2ccccc12)C(C)C. The van der Waals surface area contributed by atoms with E-state index in [9.17, 15) is 0 Å². The molecule has 3 aromatic carbocycles. The van der Waals surface area contributed by atoms with Gasteiger partial charge in [-0.1, -0.05) is 75.4 Å². The molecule has 2 nitrogen and oxygen atoms in total. The average molecular weight is 395 g/mol. The molecule has 0 radical (unpaired) electrons. The van der Waals surface area contributed by atoms with E-state index in [0.29, 0.717) is 5.92 Å². The number of allylic oxidation sites excluding steroid dienone is 1. The van der Waals surface area contributed by atoms with Gasteiger partial charge in [0.25, 0.3) is 0 Å². The third-order valence-corrected chi connectivity index (χ3v) is 5.82. The van der Waals surface area contributed by atoms with Crippen LogP contribution < -0.4 is 5.32 Å². The fourth-order valence-corrected chi connectivity index (χ4v) is 4.44. The first kappa shape index (κ1) is 20.0. The van der Waals surface area contributed by atoms with Crippen molar-refractivity contribution >= 4 is 22.3 Å². The van der Waals surface area contributed by atoms with Gasteiger partial charge in [0.2, 0.25) is 0 Å². The predicted molar refractivity (Wildman–Crippen MR) is 130 cm³/mol. The highest BCUT2D eigenvalue weighted by molar-refractivity contribution is 5.99. The Balaban J connectivity index is 2.03. The number of anilines is 1. The predicted octanol–water partition coefficient (Wildman–Crippen LogP) is 7.83. The molecule has 0 aliphatic rings. The molecule has 2 heteroatoms. The summed E-state index contributed by atoms with van der Waals surface area (Å²) >= 11 is 0. The number of hydrogen-bond acceptors (Lipinski definition) is 1. The lowest BCUT2D eigenvalue weighted by Crippen LogP contribution is -2.08. The Labute approximate surface area is 179 Å². The summed E-state index contributed by atoms with van der Waals surface area (Å²) in [6.45, 7) is 9.07. The smallest absolute Gasteiger partial charge is 0.0538 e. The molecule has 152 valence electrons. The van der Waals surface area contributed by atoms with Gasteiger partial charge in [0, 0.05) is 33.7 Å². The summed E-state index contributed by atoms with van der Waals surface area (Å²) in [6, 6.07) is 29.9. The Morgan fingerprint density at radius 3 is 2.07 bits per heavy atom. The van der Waals surface area contributed by atoms with Crippen LogP contribution in [-0.4, -0.2) is 4.57 Å². The van der Waals surface area contributed by atoms with Gasteiger partial charge in [-0.2, -0.15) is 0 Å². The number of nitrogens with one attached hydrogen (secondary N) is 1. The molecule has 0 amide bonds. The van der Waals surface area contributed by atoms with Gasteiger partial charge in [-0.15, -0.1) is 0 Å². The first-order valence-corrected chi connectivity index (χ1v) is 10.8. The Hall–Kier alpha value is -3.26. The number of rotatable bonds is 6. The fourth-order valence-electron chi connectivity index (χ4n) is 4.44. The number of benzene rings is 3. The molecule has 0 bridgehead atoms. The number of aromatic nitrogens is 1. The largest absolute Gasteiger partial charge is 0.355 e. The Bertz CT molecular complexity index is 1170. The monoisotopic (exact) mass is 394 g/mol. The van der Waals surface area contributed by atoms with Gasteiger partial charge in [0.1, 0.15) is 0 Å². The number of para-hydroxylation sites is 3. The lowest BCUT2D eigenvalue weighted by Gasteiger charge is -2.20. The number of nitrogens with zero attached hydrogens (tertiary/aromatic N) is 1. The van der Waals surface area contributed by atoms with E-state index in [4.69, 9.17) is 0 Å². The molecular formula is C28H30N2. The van der Waals surface area contributed by atoms with Gasteiger partial charge >= 0.3 is 0 Å². The zero-order valence-corrected chi connectivity index (χ0v) is 18.3. The maximum absolute atomic E-state index is 3.79. The van der Waals surface area contributed by atoms with Crippen LogP contribution in [0.3, 0.4) is 0 Å². The first-order chi connectivity index (χ1) is 14.6. The average Bonchev–Trinajstić information content (AvgIpc) is 3.06. The molecule has 30 heavy (non-hydrogen) atoms. The van der Waals surface area contributed by atoms with Crippen LogP contribution in [0.2, 0.25) is 0 Å². The second kappa shape index (κ2) is 8.62. The second-order valence-corrected chi connectivity index (χ2v) is 8.05. The molecule has 1 N–H and O–H groups in total. The van der Waals surface area contributed by atoms with Crippen molar-refractivity contribution in [3.8, 4) is 5.69 Å². The highest BCUT2D eigenvalue weighted by Gasteiger charge is 2.21. The van der Waals surface area contributed by atoms with Crippen LogP contribution in [0, 0.1) is 12.8 Å². The van der Waals surface area contributed by atoms with Crippen molar-refractivity contribution in [3.05, 3.63) is 102 Å². The lowest BCUT2D eigenvalue weighted by atomic mass is 9.93. The third kappa shape index (κ3) is 3.66. The van der Waals surface area contributed by atoms with Crippen LogP contribution in [0.1, 0.15) is 38.4 Å². The summed E-state index contributed by atoms with van der Waals surface area (Å²) in [5.74, 6) is 0.458. The normalized spacial score (nSPS) is 12.3. The van der Waals surface area contributed by atoms with Gasteiger partial charge in [-0.25, -0.2) is 0 Å². The molecule has 0 aliphatic carbocycles. The first-order valence-electron chi connectivity index (χ1n) is 10.8. The molecule has 0 atom stereocenters. The molecule has 0 unspecified atom stereocenters. The third-order valence-electron chi connectivity index (χ3n) is 5.82. The quantitative estimate of drug-likeness (QED) is 0.352. The summed E-state index contributed by atoms with van der Waals surface area (Å²) in [7, 11) is 0. The number of fused-ring (bicyclic) bond motifs is 1. The van der Waals surface area contributed by atoms with Crippen molar-refractivity contribution in [1.82, 2.24) is 4.57 Å². The van der Waals surface area contributed by atoms with E-state index in [1.165, 1.54) is 39.1 Å². The van der Waals surface area contributed by atoms with Crippen LogP contribution in [0.5, 0.6) is 0 Å². The Morgan fingerprint density at radius 2 is 1.43 bits per heavy atom. The lowest BCUT2D eigenvalue weighted by molar-refractivity contribution is 0.734. The van der Waals surface area contributed by atoms with Crippen molar-refractivity contribution in [2.45, 2.75) is 34.1 Å². The minimum atomic E-state index is 0.458. The van der Waals surface area contributed by atoms with E-state index in [1.807, 2.05) is 0 Å². The molecule has 0 aliphatic heterocycles. The van der Waals surface area contributed by atoms with E-state index in [2.05, 4.69) is 123 Å². The van der Waals surface area contributed by atoms with Crippen molar-refractivity contribution in [2.24, 2.45) is 5.92 Å². The molecule has 0 spiro atoms. The molecule has 1 heterocycles. The van der Waals surface area contributed by atoms with Gasteiger partial charge in [-0.3, -0.25) is 0 Å². The molecule has 4 rings (SSSR count). The summed E-state index contributed by atoms with van der Waals surface area (Å²) in [5.41, 5.74) is 8.79. The maximum Gasteiger partial charge on any atom is 0.0538 e. The summed E-state index contributed by atoms with van der Waals surface area (Å²) < 4.78 is 2.38. The minimum absolute atomic E-state index is 0.458. The van der Waals surface area contributed by atoms with Crippen molar-refractivity contribution in [2.75, 3.05) is 5.32 Å². The standard InChI is InChI=1S/C28H30N2/c1-5-24(20(2)3)28(29-22-14-8-6-9-15-22)27-21(4)30(23-16-10-7-11-17-23)26-19-13-12-18-25(26)27/h6-20,29H,5H2,1-4H3/b28-24-. The topological polar surface area (TPSA) is 17.0 Å². The highest BCUT2D eigenvalue weighted by Crippen LogP contribution is 2.37. The van der Waals surface area contributed by atoms with Crippen LogP contribution in [0.15, 0.2) is 90.5 Å². The van der Waals surface area contributed by atoms with E-state index >= 15 is 0 Å². The Kier molecular flexibility index (Phi) is 5.76. The van der Waals surface area contributed by atoms with Crippen LogP contribution in [0.25, 0.3) is 22.3 Å². The minimum Gasteiger partial charge on any atom is -0.355 e. The molecule has 1 aromatic heterocycles. The molecule has 0 fully saturated rings. The van der Waals surface area contributed by atoms with E-state index in [-0.39, 0.29) is 0 Å².